The van der Waals surface area contributed by atoms with Crippen molar-refractivity contribution in [2.45, 2.75) is 6.04 Å². The maximum atomic E-state index is 12.8. The Morgan fingerprint density at radius 1 is 1.31 bits per heavy atom. The molecule has 1 nitrogen and oxygen atoms in total. The highest BCUT2D eigenvalue weighted by molar-refractivity contribution is 6.19. The molecule has 1 unspecified atom stereocenters. The normalized spacial score (nSPS) is 19.8. The molecule has 84 valence electrons. The molecule has 0 aliphatic carbocycles. The third kappa shape index (κ3) is 2.27. The van der Waals surface area contributed by atoms with Crippen LogP contribution in [0.1, 0.15) is 11.6 Å². The third-order valence-electron chi connectivity index (χ3n) is 2.70. The number of hydrogen-bond acceptors (Lipinski definition) is 1. The number of benzene rings is 1. The molecular formula is C13H13ClFN. The highest BCUT2D eigenvalue weighted by Gasteiger charge is 2.15. The molecule has 1 aromatic carbocycles. The van der Waals surface area contributed by atoms with Crippen LogP contribution in [-0.4, -0.2) is 17.8 Å². The Kier molecular flexibility index (Phi) is 3.30. The monoisotopic (exact) mass is 237 g/mol. The number of nitrogens with zero attached hydrogens (tertiary/aromatic N) is 1. The number of rotatable bonds is 2. The first kappa shape index (κ1) is 11.2. The summed E-state index contributed by atoms with van der Waals surface area (Å²) in [5, 5.41) is 0. The molecule has 0 radical (unpaired) electrons. The molecule has 0 bridgehead atoms. The summed E-state index contributed by atoms with van der Waals surface area (Å²) in [6.45, 7) is 0. The van der Waals surface area contributed by atoms with E-state index in [0.717, 1.165) is 11.1 Å². The summed E-state index contributed by atoms with van der Waals surface area (Å²) < 4.78 is 12.8. The zero-order valence-electron chi connectivity index (χ0n) is 9.03. The predicted molar refractivity (Wildman–Crippen MR) is 64.8 cm³/mol. The van der Waals surface area contributed by atoms with E-state index in [2.05, 4.69) is 11.0 Å². The fourth-order valence-electron chi connectivity index (χ4n) is 1.76. The van der Waals surface area contributed by atoms with Crippen LogP contribution >= 0.6 is 11.6 Å². The SMILES string of the molecule is CN1C=CC(CCl)=CC1c1ccc(F)cc1. The van der Waals surface area contributed by atoms with Crippen LogP contribution in [0.15, 0.2) is 48.2 Å². The second kappa shape index (κ2) is 4.71. The molecule has 1 aliphatic heterocycles. The summed E-state index contributed by atoms with van der Waals surface area (Å²) in [5.41, 5.74) is 2.16. The van der Waals surface area contributed by atoms with Crippen LogP contribution in [0.2, 0.25) is 0 Å². The van der Waals surface area contributed by atoms with Crippen molar-refractivity contribution in [1.82, 2.24) is 4.90 Å². The van der Waals surface area contributed by atoms with E-state index >= 15 is 0 Å². The van der Waals surface area contributed by atoms with E-state index in [0.29, 0.717) is 5.88 Å². The number of likely N-dealkylation sites (N-methyl/N-ethyl adjacent to an activating group) is 1. The number of halogens is 2. The van der Waals surface area contributed by atoms with Crippen molar-refractivity contribution in [1.29, 1.82) is 0 Å². The molecule has 0 aromatic heterocycles. The Bertz CT molecular complexity index is 422. The number of allylic oxidation sites excluding steroid dienone is 2. The van der Waals surface area contributed by atoms with Crippen LogP contribution in [0.5, 0.6) is 0 Å². The van der Waals surface area contributed by atoms with E-state index in [1.165, 1.54) is 12.1 Å². The van der Waals surface area contributed by atoms with Gasteiger partial charge in [-0.05, 0) is 35.5 Å². The smallest absolute Gasteiger partial charge is 0.123 e. The summed E-state index contributed by atoms with van der Waals surface area (Å²) in [5.74, 6) is 0.293. The predicted octanol–water partition coefficient (Wildman–Crippen LogP) is 3.49. The summed E-state index contributed by atoms with van der Waals surface area (Å²) in [4.78, 5) is 2.07. The molecule has 1 aromatic rings. The second-order valence-corrected chi connectivity index (χ2v) is 4.12. The van der Waals surface area contributed by atoms with Crippen molar-refractivity contribution in [3.8, 4) is 0 Å². The lowest BCUT2D eigenvalue weighted by Gasteiger charge is -2.28. The molecule has 16 heavy (non-hydrogen) atoms. The lowest BCUT2D eigenvalue weighted by Crippen LogP contribution is -2.20. The van der Waals surface area contributed by atoms with E-state index in [-0.39, 0.29) is 11.9 Å². The van der Waals surface area contributed by atoms with Crippen molar-refractivity contribution < 1.29 is 4.39 Å². The van der Waals surface area contributed by atoms with Gasteiger partial charge in [-0.3, -0.25) is 0 Å². The third-order valence-corrected chi connectivity index (χ3v) is 3.01. The minimum absolute atomic E-state index is 0.138. The van der Waals surface area contributed by atoms with E-state index < -0.39 is 0 Å². The molecular weight excluding hydrogens is 225 g/mol. The number of alkyl halides is 1. The standard InChI is InChI=1S/C13H13ClFN/c1-16-7-6-10(9-14)8-13(16)11-2-4-12(15)5-3-11/h2-8,13H,9H2,1H3. The molecule has 0 fully saturated rings. The first-order valence-corrected chi connectivity index (χ1v) is 5.66. The maximum absolute atomic E-state index is 12.8. The first-order valence-electron chi connectivity index (χ1n) is 5.13. The van der Waals surface area contributed by atoms with Crippen LogP contribution in [0, 0.1) is 5.82 Å². The Hall–Kier alpha value is -1.28. The average Bonchev–Trinajstić information content (AvgIpc) is 2.31. The zero-order valence-corrected chi connectivity index (χ0v) is 9.78. The van der Waals surface area contributed by atoms with Gasteiger partial charge in [-0.15, -0.1) is 11.6 Å². The van der Waals surface area contributed by atoms with Crippen molar-refractivity contribution in [2.75, 3.05) is 12.9 Å². The van der Waals surface area contributed by atoms with Crippen molar-refractivity contribution in [3.63, 3.8) is 0 Å². The summed E-state index contributed by atoms with van der Waals surface area (Å²) in [6.07, 6.45) is 6.08. The lowest BCUT2D eigenvalue weighted by molar-refractivity contribution is 0.387. The van der Waals surface area contributed by atoms with Gasteiger partial charge in [0.2, 0.25) is 0 Å². The van der Waals surface area contributed by atoms with Gasteiger partial charge in [-0.1, -0.05) is 18.2 Å². The number of hydrogen-bond donors (Lipinski definition) is 0. The van der Waals surface area contributed by atoms with E-state index in [1.807, 2.05) is 19.3 Å². The van der Waals surface area contributed by atoms with Gasteiger partial charge in [0.05, 0.1) is 6.04 Å². The van der Waals surface area contributed by atoms with Gasteiger partial charge < -0.3 is 4.90 Å². The summed E-state index contributed by atoms with van der Waals surface area (Å²) >= 11 is 5.81. The van der Waals surface area contributed by atoms with Gasteiger partial charge >= 0.3 is 0 Å². The van der Waals surface area contributed by atoms with Gasteiger partial charge in [0.1, 0.15) is 5.82 Å². The Morgan fingerprint density at radius 3 is 2.62 bits per heavy atom. The zero-order chi connectivity index (χ0) is 11.5. The quantitative estimate of drug-likeness (QED) is 0.712. The van der Waals surface area contributed by atoms with Crippen molar-refractivity contribution in [2.24, 2.45) is 0 Å². The van der Waals surface area contributed by atoms with Crippen molar-refractivity contribution in [3.05, 3.63) is 59.6 Å². The van der Waals surface area contributed by atoms with Gasteiger partial charge in [0, 0.05) is 12.9 Å². The molecule has 1 atom stereocenters. The highest BCUT2D eigenvalue weighted by Crippen LogP contribution is 2.26. The van der Waals surface area contributed by atoms with E-state index in [9.17, 15) is 4.39 Å². The van der Waals surface area contributed by atoms with Gasteiger partial charge in [-0.25, -0.2) is 4.39 Å². The molecule has 0 N–H and O–H groups in total. The van der Waals surface area contributed by atoms with Crippen LogP contribution in [-0.2, 0) is 0 Å². The Morgan fingerprint density at radius 2 is 2.00 bits per heavy atom. The average molecular weight is 238 g/mol. The van der Waals surface area contributed by atoms with E-state index in [4.69, 9.17) is 11.6 Å². The fraction of sp³-hybridized carbons (Fsp3) is 0.231. The van der Waals surface area contributed by atoms with Crippen LogP contribution < -0.4 is 0 Å². The maximum Gasteiger partial charge on any atom is 0.123 e. The molecule has 2 rings (SSSR count). The van der Waals surface area contributed by atoms with Crippen molar-refractivity contribution >= 4 is 11.6 Å². The Balaban J connectivity index is 2.29. The molecule has 1 aliphatic rings. The topological polar surface area (TPSA) is 3.24 Å². The molecule has 1 heterocycles. The van der Waals surface area contributed by atoms with Gasteiger partial charge in [-0.2, -0.15) is 0 Å². The minimum Gasteiger partial charge on any atom is -0.370 e. The molecule has 0 saturated heterocycles. The van der Waals surface area contributed by atoms with Crippen LogP contribution in [0.4, 0.5) is 4.39 Å². The second-order valence-electron chi connectivity index (χ2n) is 3.85. The molecule has 3 heteroatoms. The minimum atomic E-state index is -0.209. The Labute approximate surface area is 99.8 Å². The summed E-state index contributed by atoms with van der Waals surface area (Å²) in [6, 6.07) is 6.71. The largest absolute Gasteiger partial charge is 0.370 e. The van der Waals surface area contributed by atoms with Gasteiger partial charge in [0.15, 0.2) is 0 Å². The molecule has 0 amide bonds. The first-order chi connectivity index (χ1) is 7.70. The lowest BCUT2D eigenvalue weighted by atomic mass is 10.0. The summed E-state index contributed by atoms with van der Waals surface area (Å²) in [7, 11) is 1.99. The van der Waals surface area contributed by atoms with Crippen LogP contribution in [0.25, 0.3) is 0 Å². The van der Waals surface area contributed by atoms with Crippen LogP contribution in [0.3, 0.4) is 0 Å². The molecule has 0 spiro atoms. The van der Waals surface area contributed by atoms with Gasteiger partial charge in [0.25, 0.3) is 0 Å². The highest BCUT2D eigenvalue weighted by atomic mass is 35.5. The fourth-order valence-corrected chi connectivity index (χ4v) is 1.94. The van der Waals surface area contributed by atoms with E-state index in [1.54, 1.807) is 12.1 Å². The molecule has 0 saturated carbocycles.